The third-order valence-electron chi connectivity index (χ3n) is 3.11. The molecule has 2 heterocycles. The van der Waals surface area contributed by atoms with Crippen LogP contribution >= 0.6 is 11.3 Å². The molecule has 0 radical (unpaired) electrons. The Morgan fingerprint density at radius 1 is 1.48 bits per heavy atom. The second-order valence-corrected chi connectivity index (χ2v) is 6.86. The molecule has 13 nitrogen and oxygen atoms in total. The molecule has 144 valence electrons. The Morgan fingerprint density at radius 2 is 2.15 bits per heavy atom. The molecule has 1 aliphatic rings. The first kappa shape index (κ1) is 23.3. The molecular weight excluding hydrogens is 415 g/mol. The summed E-state index contributed by atoms with van der Waals surface area (Å²) in [5, 5.41) is 10.8. The molecule has 1 saturated heterocycles. The van der Waals surface area contributed by atoms with E-state index in [0.717, 1.165) is 17.6 Å². The van der Waals surface area contributed by atoms with Crippen LogP contribution in [0.4, 0.5) is 5.13 Å². The van der Waals surface area contributed by atoms with Gasteiger partial charge in [0.25, 0.3) is 11.8 Å². The summed E-state index contributed by atoms with van der Waals surface area (Å²) in [7, 11) is -2.45. The summed E-state index contributed by atoms with van der Waals surface area (Å²) in [5.41, 5.74) is 5.34. The molecule has 2 rings (SSSR count). The van der Waals surface area contributed by atoms with Crippen LogP contribution in [0.25, 0.3) is 0 Å². The predicted molar refractivity (Wildman–Crippen MR) is 96.8 cm³/mol. The number of amides is 2. The van der Waals surface area contributed by atoms with Crippen LogP contribution in [0, 0.1) is 0 Å². The van der Waals surface area contributed by atoms with E-state index in [-0.39, 0.29) is 50.4 Å². The van der Waals surface area contributed by atoms with Crippen molar-refractivity contribution in [3.05, 3.63) is 11.1 Å². The van der Waals surface area contributed by atoms with Gasteiger partial charge < -0.3 is 20.7 Å². The van der Waals surface area contributed by atoms with Crippen LogP contribution in [0.3, 0.4) is 0 Å². The number of nitrogen functional groups attached to an aromatic ring is 1. The number of thiazole rings is 1. The number of rotatable bonds is 7. The number of carbonyl (C=O) groups is 2. The Labute approximate surface area is 179 Å². The zero-order valence-corrected chi connectivity index (χ0v) is 15.0. The molecule has 4 N–H and O–H groups in total. The van der Waals surface area contributed by atoms with Crippen LogP contribution in [-0.2, 0) is 29.6 Å². The summed E-state index contributed by atoms with van der Waals surface area (Å²) < 4.78 is 31.8. The number of aromatic nitrogens is 1. The summed E-state index contributed by atoms with van der Waals surface area (Å²) >= 11 is 1.06. The Hall–Kier alpha value is -1.78. The number of carbonyl (C=O) groups excluding carboxylic acids is 2. The maximum absolute atomic E-state index is 12.4. The Morgan fingerprint density at radius 3 is 2.63 bits per heavy atom. The van der Waals surface area contributed by atoms with E-state index < -0.39 is 34.2 Å². The standard InChI is InChI=1S/C11H14N6O7S2.Na.H/c1-23-13-3-6-8(10(19)17(6)26(20,21)22)15-9(18)7(16-24-2)5-4-25-11(12)14-5;;/h3-4,6,8H,1-2H3,(H2,12,14)(H,15,18)(H,20,21,22);;/b13-3+,16-7-;;/t6-,8+;;/m1../s1. The summed E-state index contributed by atoms with van der Waals surface area (Å²) in [6, 6.07) is -2.62. The average Bonchev–Trinajstić information content (AvgIpc) is 2.98. The van der Waals surface area contributed by atoms with Gasteiger partial charge in [-0.1, -0.05) is 10.3 Å². The van der Waals surface area contributed by atoms with Crippen LogP contribution < -0.4 is 11.1 Å². The van der Waals surface area contributed by atoms with Crippen molar-refractivity contribution in [2.45, 2.75) is 12.1 Å². The van der Waals surface area contributed by atoms with Crippen molar-refractivity contribution in [1.82, 2.24) is 14.6 Å². The minimum atomic E-state index is -4.84. The van der Waals surface area contributed by atoms with Crippen molar-refractivity contribution in [2.24, 2.45) is 10.3 Å². The van der Waals surface area contributed by atoms with E-state index in [0.29, 0.717) is 0 Å². The molecule has 2 amide bonds. The van der Waals surface area contributed by atoms with Gasteiger partial charge >= 0.3 is 39.9 Å². The molecule has 0 unspecified atom stereocenters. The van der Waals surface area contributed by atoms with Gasteiger partial charge in [0.15, 0.2) is 10.8 Å². The molecule has 1 aromatic heterocycles. The van der Waals surface area contributed by atoms with Crippen LogP contribution in [0.1, 0.15) is 5.69 Å². The fourth-order valence-corrected chi connectivity index (χ4v) is 3.44. The molecule has 1 aliphatic heterocycles. The van der Waals surface area contributed by atoms with Gasteiger partial charge in [-0.2, -0.15) is 8.42 Å². The topological polar surface area (TPSA) is 186 Å². The van der Waals surface area contributed by atoms with Crippen LogP contribution in [-0.4, -0.2) is 102 Å². The number of hydrogen-bond acceptors (Lipinski definition) is 11. The third kappa shape index (κ3) is 5.14. The van der Waals surface area contributed by atoms with Gasteiger partial charge in [0, 0.05) is 5.38 Å². The normalized spacial score (nSPS) is 20.0. The maximum atomic E-state index is 12.4. The molecule has 0 aliphatic carbocycles. The second kappa shape index (κ2) is 9.43. The Balaban J connectivity index is 0.00000364. The molecule has 16 heteroatoms. The Kier molecular flexibility index (Phi) is 8.12. The van der Waals surface area contributed by atoms with Crippen molar-refractivity contribution in [3.63, 3.8) is 0 Å². The molecule has 0 saturated carbocycles. The van der Waals surface area contributed by atoms with Gasteiger partial charge in [0.1, 0.15) is 32.0 Å². The summed E-state index contributed by atoms with van der Waals surface area (Å²) in [5.74, 6) is -1.94. The molecule has 0 spiro atoms. The summed E-state index contributed by atoms with van der Waals surface area (Å²) in [4.78, 5) is 37.3. The number of oxime groups is 2. The number of nitrogens with two attached hydrogens (primary N) is 1. The molecule has 27 heavy (non-hydrogen) atoms. The molecule has 1 fully saturated rings. The average molecular weight is 430 g/mol. The van der Waals surface area contributed by atoms with E-state index in [1.54, 1.807) is 0 Å². The zero-order chi connectivity index (χ0) is 19.5. The molecule has 1 aromatic rings. The summed E-state index contributed by atoms with van der Waals surface area (Å²) in [6.07, 6.45) is 0.939. The fraction of sp³-hybridized carbons (Fsp3) is 0.364. The molecule has 0 aromatic carbocycles. The quantitative estimate of drug-likeness (QED) is 0.139. The minimum absolute atomic E-state index is 0. The van der Waals surface area contributed by atoms with E-state index >= 15 is 0 Å². The van der Waals surface area contributed by atoms with Crippen LogP contribution in [0.2, 0.25) is 0 Å². The monoisotopic (exact) mass is 430 g/mol. The van der Waals surface area contributed by atoms with Gasteiger partial charge in [-0.05, 0) is 0 Å². The van der Waals surface area contributed by atoms with E-state index in [4.69, 9.17) is 10.3 Å². The number of hydrogen-bond donors (Lipinski definition) is 3. The predicted octanol–water partition coefficient (Wildman–Crippen LogP) is -2.44. The van der Waals surface area contributed by atoms with Gasteiger partial charge in [0.05, 0.1) is 6.21 Å². The zero-order valence-electron chi connectivity index (χ0n) is 13.4. The number of nitrogens with zero attached hydrogens (tertiary/aromatic N) is 4. The first-order valence-electron chi connectivity index (χ1n) is 6.71. The van der Waals surface area contributed by atoms with E-state index in [2.05, 4.69) is 30.3 Å². The molecular formula is C11H15N6NaO7S2. The van der Waals surface area contributed by atoms with E-state index in [9.17, 15) is 18.0 Å². The number of nitrogens with one attached hydrogen (secondary N) is 1. The van der Waals surface area contributed by atoms with Crippen LogP contribution in [0.5, 0.6) is 0 Å². The Bertz CT molecular complexity index is 870. The SMILES string of the molecule is CO/N=C(\C(=O)N[C@@H]1C(=O)N(S(=O)(=O)O)[C@@H]1/C=N/OC)c1csc(N)n1.[NaH]. The van der Waals surface area contributed by atoms with Crippen molar-refractivity contribution in [2.75, 3.05) is 20.0 Å². The van der Waals surface area contributed by atoms with Gasteiger partial charge in [0.2, 0.25) is 0 Å². The van der Waals surface area contributed by atoms with Gasteiger partial charge in [-0.25, -0.2) is 9.29 Å². The van der Waals surface area contributed by atoms with Crippen molar-refractivity contribution < 1.29 is 32.2 Å². The summed E-state index contributed by atoms with van der Waals surface area (Å²) in [6.45, 7) is 0. The third-order valence-corrected chi connectivity index (χ3v) is 4.71. The fourth-order valence-electron chi connectivity index (χ4n) is 2.07. The number of anilines is 1. The molecule has 0 bridgehead atoms. The van der Waals surface area contributed by atoms with Crippen molar-refractivity contribution in [1.29, 1.82) is 0 Å². The first-order chi connectivity index (χ1) is 12.2. The molecule has 2 atom stereocenters. The van der Waals surface area contributed by atoms with E-state index in [1.165, 1.54) is 19.6 Å². The van der Waals surface area contributed by atoms with E-state index in [1.807, 2.05) is 0 Å². The first-order valence-corrected chi connectivity index (χ1v) is 8.99. The number of β-lactam (4-membered cyclic amide) rings is 1. The van der Waals surface area contributed by atoms with Crippen LogP contribution in [0.15, 0.2) is 15.7 Å². The second-order valence-electron chi connectivity index (χ2n) is 4.68. The van der Waals surface area contributed by atoms with Crippen molar-refractivity contribution >= 4 is 80.1 Å². The van der Waals surface area contributed by atoms with Gasteiger partial charge in [-0.15, -0.1) is 11.3 Å². The van der Waals surface area contributed by atoms with Crippen molar-refractivity contribution in [3.8, 4) is 0 Å². The van der Waals surface area contributed by atoms with Gasteiger partial charge in [-0.3, -0.25) is 14.1 Å².